The van der Waals surface area contributed by atoms with E-state index in [0.29, 0.717) is 47.9 Å². The fourth-order valence-electron chi connectivity index (χ4n) is 6.61. The Hall–Kier alpha value is -5.45. The van der Waals surface area contributed by atoms with Gasteiger partial charge in [0.25, 0.3) is 5.91 Å². The van der Waals surface area contributed by atoms with Gasteiger partial charge in [0.1, 0.15) is 17.8 Å². The number of aromatic nitrogens is 1. The first-order valence-corrected chi connectivity index (χ1v) is 15.9. The summed E-state index contributed by atoms with van der Waals surface area (Å²) < 4.78 is 78.6. The summed E-state index contributed by atoms with van der Waals surface area (Å²) in [5.74, 6) is -0.888. The molecule has 0 fully saturated rings. The maximum Gasteiger partial charge on any atom is 0.416 e. The van der Waals surface area contributed by atoms with E-state index < -0.39 is 41.7 Å². The molecule has 256 valence electrons. The molecule has 11 heteroatoms. The Kier molecular flexibility index (Phi) is 9.51. The molecular weight excluding hydrogens is 656 g/mol. The SMILES string of the molecule is O=C(Nc1ccc(CCCCC2(C(=O)NCC(F)(F)F)c3ccccc3-c3ccccc32)cn1)c1ccccc1-c1ccc(C(F)(F)F)cc1. The fourth-order valence-corrected chi connectivity index (χ4v) is 6.61. The second-order valence-electron chi connectivity index (χ2n) is 12.1. The first-order valence-electron chi connectivity index (χ1n) is 15.9. The normalized spacial score (nSPS) is 13.3. The van der Waals surface area contributed by atoms with Crippen LogP contribution in [0, 0.1) is 0 Å². The minimum Gasteiger partial charge on any atom is -0.346 e. The average molecular weight is 688 g/mol. The summed E-state index contributed by atoms with van der Waals surface area (Å²) in [5.41, 5.74) is 3.00. The minimum atomic E-state index is -4.55. The number of rotatable bonds is 10. The molecule has 2 N–H and O–H groups in total. The van der Waals surface area contributed by atoms with Gasteiger partial charge in [0, 0.05) is 11.8 Å². The number of carbonyl (C=O) groups is 2. The molecule has 1 aromatic heterocycles. The van der Waals surface area contributed by atoms with E-state index in [2.05, 4.69) is 15.6 Å². The van der Waals surface area contributed by atoms with Crippen LogP contribution in [-0.4, -0.2) is 29.5 Å². The van der Waals surface area contributed by atoms with Crippen molar-refractivity contribution in [2.45, 2.75) is 43.5 Å². The molecule has 50 heavy (non-hydrogen) atoms. The van der Waals surface area contributed by atoms with Crippen molar-refractivity contribution in [1.29, 1.82) is 0 Å². The van der Waals surface area contributed by atoms with Crippen LogP contribution >= 0.6 is 0 Å². The third-order valence-electron chi connectivity index (χ3n) is 8.93. The van der Waals surface area contributed by atoms with E-state index in [1.165, 1.54) is 12.1 Å². The number of alkyl halides is 6. The Balaban J connectivity index is 1.12. The molecule has 1 aliphatic carbocycles. The highest BCUT2D eigenvalue weighted by molar-refractivity contribution is 6.08. The lowest BCUT2D eigenvalue weighted by molar-refractivity contribution is -0.141. The summed E-state index contributed by atoms with van der Waals surface area (Å²) >= 11 is 0. The summed E-state index contributed by atoms with van der Waals surface area (Å²) in [5, 5.41) is 4.89. The number of amides is 2. The van der Waals surface area contributed by atoms with Crippen LogP contribution in [0.3, 0.4) is 0 Å². The van der Waals surface area contributed by atoms with Crippen molar-refractivity contribution < 1.29 is 35.9 Å². The predicted molar refractivity (Wildman–Crippen MR) is 178 cm³/mol. The number of pyridine rings is 1. The van der Waals surface area contributed by atoms with E-state index in [0.717, 1.165) is 28.8 Å². The lowest BCUT2D eigenvalue weighted by Gasteiger charge is -2.31. The zero-order chi connectivity index (χ0) is 35.5. The first-order chi connectivity index (χ1) is 23.9. The van der Waals surface area contributed by atoms with Crippen LogP contribution in [-0.2, 0) is 22.8 Å². The van der Waals surface area contributed by atoms with Crippen LogP contribution in [0.1, 0.15) is 51.9 Å². The van der Waals surface area contributed by atoms with Gasteiger partial charge in [-0.2, -0.15) is 26.3 Å². The molecular formula is C39H31F6N3O2. The number of halogens is 6. The van der Waals surface area contributed by atoms with E-state index >= 15 is 0 Å². The monoisotopic (exact) mass is 687 g/mol. The van der Waals surface area contributed by atoms with E-state index in [1.807, 2.05) is 24.3 Å². The highest BCUT2D eigenvalue weighted by atomic mass is 19.4. The largest absolute Gasteiger partial charge is 0.416 e. The lowest BCUT2D eigenvalue weighted by atomic mass is 9.73. The lowest BCUT2D eigenvalue weighted by Crippen LogP contribution is -2.47. The molecule has 0 spiro atoms. The van der Waals surface area contributed by atoms with Crippen LogP contribution in [0.4, 0.5) is 32.2 Å². The van der Waals surface area contributed by atoms with Crippen molar-refractivity contribution in [3.8, 4) is 22.3 Å². The molecule has 0 atom stereocenters. The zero-order valence-electron chi connectivity index (χ0n) is 26.5. The van der Waals surface area contributed by atoms with Crippen LogP contribution in [0.25, 0.3) is 22.3 Å². The number of hydrogen-bond acceptors (Lipinski definition) is 3. The zero-order valence-corrected chi connectivity index (χ0v) is 26.5. The Labute approximate surface area is 284 Å². The number of carbonyl (C=O) groups excluding carboxylic acids is 2. The molecule has 0 bridgehead atoms. The van der Waals surface area contributed by atoms with Gasteiger partial charge in [-0.05, 0) is 82.5 Å². The van der Waals surface area contributed by atoms with Gasteiger partial charge in [0.2, 0.25) is 5.91 Å². The van der Waals surface area contributed by atoms with Crippen molar-refractivity contribution >= 4 is 17.6 Å². The van der Waals surface area contributed by atoms with E-state index in [9.17, 15) is 35.9 Å². The second kappa shape index (κ2) is 13.8. The molecule has 0 radical (unpaired) electrons. The summed E-state index contributed by atoms with van der Waals surface area (Å²) in [6, 6.07) is 29.3. The minimum absolute atomic E-state index is 0.265. The number of benzene rings is 4. The van der Waals surface area contributed by atoms with Crippen LogP contribution in [0.5, 0.6) is 0 Å². The van der Waals surface area contributed by atoms with Crippen LogP contribution < -0.4 is 10.6 Å². The van der Waals surface area contributed by atoms with Crippen molar-refractivity contribution in [3.63, 3.8) is 0 Å². The van der Waals surface area contributed by atoms with Gasteiger partial charge in [0.15, 0.2) is 0 Å². The molecule has 1 aliphatic rings. The average Bonchev–Trinajstić information content (AvgIpc) is 3.39. The van der Waals surface area contributed by atoms with Gasteiger partial charge >= 0.3 is 12.4 Å². The number of anilines is 1. The number of unbranched alkanes of at least 4 members (excludes halogenated alkanes) is 1. The Morgan fingerprint density at radius 1 is 0.680 bits per heavy atom. The number of hydrogen-bond donors (Lipinski definition) is 2. The van der Waals surface area contributed by atoms with Gasteiger partial charge in [-0.3, -0.25) is 9.59 Å². The van der Waals surface area contributed by atoms with Crippen molar-refractivity contribution in [3.05, 3.63) is 143 Å². The fraction of sp³-hybridized carbons (Fsp3) is 0.205. The second-order valence-corrected chi connectivity index (χ2v) is 12.1. The summed E-state index contributed by atoms with van der Waals surface area (Å²) in [6.07, 6.45) is -5.40. The van der Waals surface area contributed by atoms with E-state index in [1.54, 1.807) is 66.9 Å². The third kappa shape index (κ3) is 7.12. The predicted octanol–water partition coefficient (Wildman–Crippen LogP) is 9.38. The summed E-state index contributed by atoms with van der Waals surface area (Å²) in [6.45, 7) is -1.42. The Morgan fingerprint density at radius 2 is 1.28 bits per heavy atom. The highest BCUT2D eigenvalue weighted by Crippen LogP contribution is 2.51. The first kappa shape index (κ1) is 34.4. The maximum atomic E-state index is 13.7. The van der Waals surface area contributed by atoms with Gasteiger partial charge in [-0.15, -0.1) is 0 Å². The summed E-state index contributed by atoms with van der Waals surface area (Å²) in [7, 11) is 0. The van der Waals surface area contributed by atoms with Crippen molar-refractivity contribution in [2.75, 3.05) is 11.9 Å². The highest BCUT2D eigenvalue weighted by Gasteiger charge is 2.49. The van der Waals surface area contributed by atoms with E-state index in [4.69, 9.17) is 0 Å². The molecule has 1 heterocycles. The van der Waals surface area contributed by atoms with Crippen LogP contribution in [0.2, 0.25) is 0 Å². The molecule has 0 saturated carbocycles. The van der Waals surface area contributed by atoms with Crippen LogP contribution in [0.15, 0.2) is 115 Å². The molecule has 5 nitrogen and oxygen atoms in total. The van der Waals surface area contributed by atoms with Gasteiger partial charge in [-0.25, -0.2) is 4.98 Å². The topological polar surface area (TPSA) is 71.1 Å². The number of fused-ring (bicyclic) bond motifs is 3. The molecule has 0 unspecified atom stereocenters. The molecule has 2 amide bonds. The Morgan fingerprint density at radius 3 is 1.86 bits per heavy atom. The molecule has 5 aromatic rings. The number of nitrogens with one attached hydrogen (secondary N) is 2. The molecule has 4 aromatic carbocycles. The van der Waals surface area contributed by atoms with Gasteiger partial charge < -0.3 is 10.6 Å². The third-order valence-corrected chi connectivity index (χ3v) is 8.93. The van der Waals surface area contributed by atoms with Crippen molar-refractivity contribution in [2.24, 2.45) is 0 Å². The molecule has 0 aliphatic heterocycles. The molecule has 0 saturated heterocycles. The van der Waals surface area contributed by atoms with Gasteiger partial charge in [0.05, 0.1) is 5.56 Å². The quantitative estimate of drug-likeness (QED) is 0.114. The smallest absolute Gasteiger partial charge is 0.346 e. The number of nitrogens with zero attached hydrogens (tertiary/aromatic N) is 1. The summed E-state index contributed by atoms with van der Waals surface area (Å²) in [4.78, 5) is 31.2. The standard InChI is InChI=1S/C39H31F6N3O2/c40-38(41,42)24-47-36(50)37(32-14-5-3-11-29(32)30-12-4-6-15-33(30)37)22-8-7-9-25-16-21-34(46-23-25)48-35(49)31-13-2-1-10-28(31)26-17-19-27(20-18-26)39(43,44)45/h1-6,10-21,23H,7-9,22,24H2,(H,47,50)(H,46,48,49). The maximum absolute atomic E-state index is 13.7. The van der Waals surface area contributed by atoms with Crippen molar-refractivity contribution in [1.82, 2.24) is 10.3 Å². The van der Waals surface area contributed by atoms with Gasteiger partial charge in [-0.1, -0.05) is 91.3 Å². The number of aryl methyl sites for hydroxylation is 1. The van der Waals surface area contributed by atoms with E-state index in [-0.39, 0.29) is 11.4 Å². The Bertz CT molecular complexity index is 1960. The molecule has 6 rings (SSSR count).